The first-order valence-corrected chi connectivity index (χ1v) is 8.67. The van der Waals surface area contributed by atoms with E-state index in [1.165, 1.54) is 11.1 Å². The number of amides is 1. The Kier molecular flexibility index (Phi) is 5.78. The van der Waals surface area contributed by atoms with Crippen molar-refractivity contribution in [2.75, 3.05) is 0 Å². The monoisotopic (exact) mass is 336 g/mol. The van der Waals surface area contributed by atoms with Gasteiger partial charge in [0.05, 0.1) is 12.1 Å². The fourth-order valence-electron chi connectivity index (χ4n) is 2.68. The average Bonchev–Trinajstić information content (AvgIpc) is 2.54. The average molecular weight is 336 g/mol. The third kappa shape index (κ3) is 5.28. The number of carbonyl (C=O) groups excluding carboxylic acids is 1. The Morgan fingerprint density at radius 2 is 1.68 bits per heavy atom. The summed E-state index contributed by atoms with van der Waals surface area (Å²) >= 11 is 0. The fraction of sp³-hybridized carbons (Fsp3) is 0.364. The van der Waals surface area contributed by atoms with Gasteiger partial charge in [0, 0.05) is 0 Å². The molecule has 0 radical (unpaired) electrons. The second kappa shape index (κ2) is 7.64. The normalized spacial score (nSPS) is 12.2. The molecule has 2 aromatic rings. The number of aryl methyl sites for hydroxylation is 2. The number of rotatable bonds is 4. The van der Waals surface area contributed by atoms with Gasteiger partial charge < -0.3 is 0 Å². The highest BCUT2D eigenvalue weighted by molar-refractivity contribution is 5.99. The molecule has 25 heavy (non-hydrogen) atoms. The van der Waals surface area contributed by atoms with E-state index in [9.17, 15) is 4.79 Å². The number of nitrogens with zero attached hydrogens (tertiary/aromatic N) is 1. The Balaban J connectivity index is 2.01. The van der Waals surface area contributed by atoms with Crippen LogP contribution >= 0.6 is 0 Å². The van der Waals surface area contributed by atoms with E-state index in [1.54, 1.807) is 0 Å². The van der Waals surface area contributed by atoms with Crippen molar-refractivity contribution in [2.24, 2.45) is 5.10 Å². The molecule has 0 unspecified atom stereocenters. The van der Waals surface area contributed by atoms with Crippen LogP contribution in [0, 0.1) is 13.8 Å². The molecule has 1 amide bonds. The van der Waals surface area contributed by atoms with Crippen molar-refractivity contribution in [3.63, 3.8) is 0 Å². The molecule has 0 spiro atoms. The first-order valence-electron chi connectivity index (χ1n) is 8.67. The van der Waals surface area contributed by atoms with Crippen LogP contribution in [0.25, 0.3) is 0 Å². The van der Waals surface area contributed by atoms with Crippen LogP contribution in [-0.2, 0) is 16.6 Å². The van der Waals surface area contributed by atoms with E-state index >= 15 is 0 Å². The first kappa shape index (κ1) is 18.9. The summed E-state index contributed by atoms with van der Waals surface area (Å²) in [6.07, 6.45) is 0.339. The van der Waals surface area contributed by atoms with Gasteiger partial charge in [-0.05, 0) is 48.4 Å². The lowest BCUT2D eigenvalue weighted by Gasteiger charge is -2.19. The molecular formula is C22H28N2O. The standard InChI is InChI=1S/C22H28N2O/c1-15-7-8-19(16(2)13-15)14-21(25)24-23-17(3)18-9-11-20(12-10-18)22(4,5)6/h7-13H,14H2,1-6H3,(H,24,25)/b23-17-. The molecule has 0 saturated carbocycles. The SMILES string of the molecule is C/C(=N/NC(=O)Cc1ccc(C)cc1C)c1ccc(C(C)(C)C)cc1. The lowest BCUT2D eigenvalue weighted by molar-refractivity contribution is -0.120. The third-order valence-electron chi connectivity index (χ3n) is 4.37. The van der Waals surface area contributed by atoms with Crippen molar-refractivity contribution < 1.29 is 4.79 Å². The fourth-order valence-corrected chi connectivity index (χ4v) is 2.68. The van der Waals surface area contributed by atoms with Gasteiger partial charge in [0.1, 0.15) is 0 Å². The molecule has 0 aromatic heterocycles. The van der Waals surface area contributed by atoms with Crippen LogP contribution in [0.15, 0.2) is 47.6 Å². The smallest absolute Gasteiger partial charge is 0.244 e. The summed E-state index contributed by atoms with van der Waals surface area (Å²) < 4.78 is 0. The van der Waals surface area contributed by atoms with Crippen LogP contribution in [0.3, 0.4) is 0 Å². The zero-order valence-corrected chi connectivity index (χ0v) is 16.1. The zero-order chi connectivity index (χ0) is 18.6. The second-order valence-corrected chi connectivity index (χ2v) is 7.67. The highest BCUT2D eigenvalue weighted by Gasteiger charge is 2.13. The maximum atomic E-state index is 12.2. The van der Waals surface area contributed by atoms with Crippen molar-refractivity contribution in [2.45, 2.75) is 53.4 Å². The van der Waals surface area contributed by atoms with Crippen molar-refractivity contribution in [1.82, 2.24) is 5.43 Å². The van der Waals surface area contributed by atoms with E-state index in [1.807, 2.05) is 26.0 Å². The molecule has 2 aromatic carbocycles. The summed E-state index contributed by atoms with van der Waals surface area (Å²) in [6.45, 7) is 12.6. The molecule has 0 bridgehead atoms. The van der Waals surface area contributed by atoms with Crippen LogP contribution < -0.4 is 5.43 Å². The number of nitrogens with one attached hydrogen (secondary N) is 1. The topological polar surface area (TPSA) is 41.5 Å². The van der Waals surface area contributed by atoms with Crippen molar-refractivity contribution in [1.29, 1.82) is 0 Å². The van der Waals surface area contributed by atoms with Gasteiger partial charge >= 0.3 is 0 Å². The number of hydrogen-bond donors (Lipinski definition) is 1. The van der Waals surface area contributed by atoms with Gasteiger partial charge in [-0.25, -0.2) is 5.43 Å². The van der Waals surface area contributed by atoms with E-state index < -0.39 is 0 Å². The Labute approximate surface area is 151 Å². The molecule has 0 aliphatic rings. The molecule has 3 heteroatoms. The summed E-state index contributed by atoms with van der Waals surface area (Å²) in [4.78, 5) is 12.2. The van der Waals surface area contributed by atoms with Gasteiger partial charge in [-0.2, -0.15) is 5.10 Å². The quantitative estimate of drug-likeness (QED) is 0.639. The Hall–Kier alpha value is -2.42. The van der Waals surface area contributed by atoms with Gasteiger partial charge in [-0.15, -0.1) is 0 Å². The van der Waals surface area contributed by atoms with Crippen LogP contribution in [0.4, 0.5) is 0 Å². The minimum Gasteiger partial charge on any atom is -0.273 e. The van der Waals surface area contributed by atoms with E-state index in [4.69, 9.17) is 0 Å². The van der Waals surface area contributed by atoms with Crippen molar-refractivity contribution in [3.8, 4) is 0 Å². The molecule has 0 aliphatic heterocycles. The largest absolute Gasteiger partial charge is 0.273 e. The van der Waals surface area contributed by atoms with Gasteiger partial charge in [-0.3, -0.25) is 4.79 Å². The summed E-state index contributed by atoms with van der Waals surface area (Å²) in [6, 6.07) is 14.5. The molecule has 0 saturated heterocycles. The maximum Gasteiger partial charge on any atom is 0.244 e. The highest BCUT2D eigenvalue weighted by atomic mass is 16.2. The number of benzene rings is 2. The van der Waals surface area contributed by atoms with E-state index in [0.717, 1.165) is 22.4 Å². The molecule has 132 valence electrons. The molecule has 0 heterocycles. The lowest BCUT2D eigenvalue weighted by atomic mass is 9.86. The Bertz CT molecular complexity index is 781. The van der Waals surface area contributed by atoms with Crippen molar-refractivity contribution in [3.05, 3.63) is 70.3 Å². The number of hydrogen-bond acceptors (Lipinski definition) is 2. The zero-order valence-electron chi connectivity index (χ0n) is 16.1. The van der Waals surface area contributed by atoms with E-state index in [0.29, 0.717) is 6.42 Å². The molecule has 1 N–H and O–H groups in total. The third-order valence-corrected chi connectivity index (χ3v) is 4.37. The minimum absolute atomic E-state index is 0.0994. The molecule has 2 rings (SSSR count). The highest BCUT2D eigenvalue weighted by Crippen LogP contribution is 2.22. The molecule has 0 atom stereocenters. The summed E-state index contributed by atoms with van der Waals surface area (Å²) in [5.74, 6) is -0.0994. The van der Waals surface area contributed by atoms with Gasteiger partial charge in [0.25, 0.3) is 0 Å². The van der Waals surface area contributed by atoms with Crippen LogP contribution in [0.1, 0.15) is 55.5 Å². The van der Waals surface area contributed by atoms with E-state index in [-0.39, 0.29) is 11.3 Å². The van der Waals surface area contributed by atoms with Gasteiger partial charge in [0.15, 0.2) is 0 Å². The molecule has 3 nitrogen and oxygen atoms in total. The maximum absolute atomic E-state index is 12.2. The molecular weight excluding hydrogens is 308 g/mol. The Morgan fingerprint density at radius 3 is 2.24 bits per heavy atom. The van der Waals surface area contributed by atoms with Gasteiger partial charge in [-0.1, -0.05) is 68.8 Å². The number of carbonyl (C=O) groups is 1. The summed E-state index contributed by atoms with van der Waals surface area (Å²) in [7, 11) is 0. The predicted molar refractivity (Wildman–Crippen MR) is 105 cm³/mol. The minimum atomic E-state index is -0.0994. The Morgan fingerprint density at radius 1 is 1.04 bits per heavy atom. The summed E-state index contributed by atoms with van der Waals surface area (Å²) in [5, 5.41) is 4.25. The van der Waals surface area contributed by atoms with Crippen LogP contribution in [0.5, 0.6) is 0 Å². The summed E-state index contributed by atoms with van der Waals surface area (Å²) in [5.41, 5.74) is 9.26. The number of hydrazone groups is 1. The van der Waals surface area contributed by atoms with Crippen molar-refractivity contribution >= 4 is 11.6 Å². The molecule has 0 aliphatic carbocycles. The lowest BCUT2D eigenvalue weighted by Crippen LogP contribution is -2.21. The van der Waals surface area contributed by atoms with Gasteiger partial charge in [0.2, 0.25) is 5.91 Å². The van der Waals surface area contributed by atoms with E-state index in [2.05, 4.69) is 68.6 Å². The van der Waals surface area contributed by atoms with Crippen LogP contribution in [0.2, 0.25) is 0 Å². The first-order chi connectivity index (χ1) is 11.7. The van der Waals surface area contributed by atoms with Crippen LogP contribution in [-0.4, -0.2) is 11.6 Å². The predicted octanol–water partition coefficient (Wildman–Crippen LogP) is 4.68. The second-order valence-electron chi connectivity index (χ2n) is 7.67. The molecule has 0 fully saturated rings.